The molecule has 1 atom stereocenters. The highest BCUT2D eigenvalue weighted by Crippen LogP contribution is 2.30. The van der Waals surface area contributed by atoms with E-state index in [-0.39, 0.29) is 17.6 Å². The SMILES string of the molecule is Cc1nc(C)c(C(=O)NC[C@H]2CCc3nc(C(F)(F)F)cn3C2)o1. The molecule has 0 radical (unpaired) electrons. The van der Waals surface area contributed by atoms with Gasteiger partial charge in [0.05, 0.1) is 5.69 Å². The first kappa shape index (κ1) is 16.5. The van der Waals surface area contributed by atoms with Crippen molar-refractivity contribution >= 4 is 5.91 Å². The van der Waals surface area contributed by atoms with Crippen LogP contribution in [0.25, 0.3) is 0 Å². The first-order valence-electron chi connectivity index (χ1n) is 7.59. The molecule has 0 aliphatic carbocycles. The molecule has 6 nitrogen and oxygen atoms in total. The predicted molar refractivity (Wildman–Crippen MR) is 77.4 cm³/mol. The van der Waals surface area contributed by atoms with Gasteiger partial charge in [-0.15, -0.1) is 0 Å². The van der Waals surface area contributed by atoms with E-state index >= 15 is 0 Å². The average Bonchev–Trinajstić information content (AvgIpc) is 3.06. The molecule has 1 aliphatic rings. The minimum atomic E-state index is -4.43. The van der Waals surface area contributed by atoms with Crippen molar-refractivity contribution in [1.29, 1.82) is 0 Å². The van der Waals surface area contributed by atoms with Crippen molar-refractivity contribution in [3.63, 3.8) is 0 Å². The second-order valence-corrected chi connectivity index (χ2v) is 5.95. The van der Waals surface area contributed by atoms with Gasteiger partial charge in [-0.3, -0.25) is 4.79 Å². The number of aromatic nitrogens is 3. The van der Waals surface area contributed by atoms with Crippen LogP contribution in [0, 0.1) is 19.8 Å². The van der Waals surface area contributed by atoms with Crippen molar-refractivity contribution in [3.8, 4) is 0 Å². The maximum absolute atomic E-state index is 12.7. The Morgan fingerprint density at radius 1 is 1.42 bits per heavy atom. The number of fused-ring (bicyclic) bond motifs is 1. The average molecular weight is 342 g/mol. The van der Waals surface area contributed by atoms with E-state index in [1.54, 1.807) is 13.8 Å². The highest BCUT2D eigenvalue weighted by Gasteiger charge is 2.35. The van der Waals surface area contributed by atoms with Crippen LogP contribution in [-0.4, -0.2) is 27.0 Å². The molecule has 130 valence electrons. The summed E-state index contributed by atoms with van der Waals surface area (Å²) in [6, 6.07) is 0. The second-order valence-electron chi connectivity index (χ2n) is 5.95. The molecule has 1 aliphatic heterocycles. The lowest BCUT2D eigenvalue weighted by atomic mass is 9.99. The summed E-state index contributed by atoms with van der Waals surface area (Å²) < 4.78 is 44.9. The fourth-order valence-corrected chi connectivity index (χ4v) is 2.88. The Morgan fingerprint density at radius 2 is 2.17 bits per heavy atom. The van der Waals surface area contributed by atoms with Crippen LogP contribution < -0.4 is 5.32 Å². The number of hydrogen-bond donors (Lipinski definition) is 1. The van der Waals surface area contributed by atoms with Crippen molar-refractivity contribution in [2.75, 3.05) is 6.54 Å². The number of imidazole rings is 1. The number of carbonyl (C=O) groups excluding carboxylic acids is 1. The largest absolute Gasteiger partial charge is 0.436 e. The zero-order chi connectivity index (χ0) is 17.5. The lowest BCUT2D eigenvalue weighted by molar-refractivity contribution is -0.141. The summed E-state index contributed by atoms with van der Waals surface area (Å²) in [7, 11) is 0. The monoisotopic (exact) mass is 342 g/mol. The maximum atomic E-state index is 12.7. The molecule has 3 rings (SSSR count). The number of nitrogens with zero attached hydrogens (tertiary/aromatic N) is 3. The van der Waals surface area contributed by atoms with Gasteiger partial charge in [-0.05, 0) is 19.3 Å². The standard InChI is InChI=1S/C15H17F3N4O2/c1-8-13(24-9(2)20-8)14(23)19-5-10-3-4-12-21-11(15(16,17)18)7-22(12)6-10/h7,10H,3-6H2,1-2H3,(H,19,23)/t10-/m1/s1. The zero-order valence-corrected chi connectivity index (χ0v) is 13.3. The molecular weight excluding hydrogens is 325 g/mol. The lowest BCUT2D eigenvalue weighted by Crippen LogP contribution is -2.33. The first-order chi connectivity index (χ1) is 11.2. The van der Waals surface area contributed by atoms with E-state index < -0.39 is 11.9 Å². The Bertz CT molecular complexity index is 763. The normalized spacial score (nSPS) is 17.6. The summed E-state index contributed by atoms with van der Waals surface area (Å²) in [6.07, 6.45) is -2.27. The van der Waals surface area contributed by atoms with Gasteiger partial charge in [0.1, 0.15) is 5.82 Å². The predicted octanol–water partition coefficient (Wildman–Crippen LogP) is 2.50. The fourth-order valence-electron chi connectivity index (χ4n) is 2.88. The van der Waals surface area contributed by atoms with E-state index in [1.807, 2.05) is 0 Å². The molecule has 0 fully saturated rings. The van der Waals surface area contributed by atoms with Crippen LogP contribution in [0.2, 0.25) is 0 Å². The van der Waals surface area contributed by atoms with Gasteiger partial charge in [-0.1, -0.05) is 0 Å². The van der Waals surface area contributed by atoms with Crippen LogP contribution in [0.5, 0.6) is 0 Å². The number of nitrogens with one attached hydrogen (secondary N) is 1. The molecule has 0 bridgehead atoms. The number of alkyl halides is 3. The molecule has 0 unspecified atom stereocenters. The van der Waals surface area contributed by atoms with E-state index in [4.69, 9.17) is 4.42 Å². The third kappa shape index (κ3) is 3.29. The minimum absolute atomic E-state index is 0.0426. The van der Waals surface area contributed by atoms with Crippen molar-refractivity contribution in [2.24, 2.45) is 5.92 Å². The minimum Gasteiger partial charge on any atom is -0.436 e. The summed E-state index contributed by atoms with van der Waals surface area (Å²) in [6.45, 7) is 4.09. The van der Waals surface area contributed by atoms with Gasteiger partial charge in [0.15, 0.2) is 11.6 Å². The highest BCUT2D eigenvalue weighted by atomic mass is 19.4. The van der Waals surface area contributed by atoms with Gasteiger partial charge >= 0.3 is 6.18 Å². The van der Waals surface area contributed by atoms with E-state index in [2.05, 4.69) is 15.3 Å². The summed E-state index contributed by atoms with van der Waals surface area (Å²) >= 11 is 0. The van der Waals surface area contributed by atoms with Crippen LogP contribution in [0.1, 0.15) is 40.1 Å². The van der Waals surface area contributed by atoms with E-state index in [0.29, 0.717) is 43.3 Å². The maximum Gasteiger partial charge on any atom is 0.434 e. The van der Waals surface area contributed by atoms with Crippen LogP contribution in [0.3, 0.4) is 0 Å². The second kappa shape index (κ2) is 5.95. The van der Waals surface area contributed by atoms with E-state index in [1.165, 1.54) is 4.57 Å². The Kier molecular flexibility index (Phi) is 4.10. The van der Waals surface area contributed by atoms with Crippen LogP contribution in [-0.2, 0) is 19.1 Å². The molecule has 0 saturated carbocycles. The molecule has 1 N–H and O–H groups in total. The summed E-state index contributed by atoms with van der Waals surface area (Å²) in [5.41, 5.74) is -0.352. The van der Waals surface area contributed by atoms with Crippen molar-refractivity contribution in [1.82, 2.24) is 19.9 Å². The Morgan fingerprint density at radius 3 is 2.79 bits per heavy atom. The molecule has 9 heteroatoms. The molecule has 3 heterocycles. The van der Waals surface area contributed by atoms with Crippen molar-refractivity contribution in [3.05, 3.63) is 35.1 Å². The molecule has 24 heavy (non-hydrogen) atoms. The number of rotatable bonds is 3. The van der Waals surface area contributed by atoms with Gasteiger partial charge < -0.3 is 14.3 Å². The summed E-state index contributed by atoms with van der Waals surface area (Å²) in [4.78, 5) is 19.8. The number of amides is 1. The molecule has 0 aromatic carbocycles. The zero-order valence-electron chi connectivity index (χ0n) is 13.3. The van der Waals surface area contributed by atoms with Crippen molar-refractivity contribution in [2.45, 2.75) is 39.4 Å². The molecule has 2 aromatic heterocycles. The van der Waals surface area contributed by atoms with Gasteiger partial charge in [0.25, 0.3) is 5.91 Å². The van der Waals surface area contributed by atoms with Gasteiger partial charge in [-0.25, -0.2) is 9.97 Å². The van der Waals surface area contributed by atoms with Gasteiger partial charge in [-0.2, -0.15) is 13.2 Å². The van der Waals surface area contributed by atoms with Crippen LogP contribution >= 0.6 is 0 Å². The van der Waals surface area contributed by atoms with Crippen LogP contribution in [0.15, 0.2) is 10.6 Å². The Labute approximate surface area is 136 Å². The summed E-state index contributed by atoms with van der Waals surface area (Å²) in [5.74, 6) is 0.706. The first-order valence-corrected chi connectivity index (χ1v) is 7.59. The molecule has 0 saturated heterocycles. The molecule has 1 amide bonds. The molecule has 2 aromatic rings. The van der Waals surface area contributed by atoms with Crippen LogP contribution in [0.4, 0.5) is 13.2 Å². The topological polar surface area (TPSA) is 73.0 Å². The fraction of sp³-hybridized carbons (Fsp3) is 0.533. The van der Waals surface area contributed by atoms with Gasteiger partial charge in [0.2, 0.25) is 5.76 Å². The molecule has 0 spiro atoms. The number of halogens is 3. The highest BCUT2D eigenvalue weighted by molar-refractivity contribution is 5.92. The number of aryl methyl sites for hydroxylation is 3. The van der Waals surface area contributed by atoms with E-state index in [0.717, 1.165) is 6.20 Å². The Balaban J connectivity index is 1.61. The third-order valence-electron chi connectivity index (χ3n) is 4.04. The molecular formula is C15H17F3N4O2. The third-order valence-corrected chi connectivity index (χ3v) is 4.04. The number of oxazole rings is 1. The quantitative estimate of drug-likeness (QED) is 0.930. The Hall–Kier alpha value is -2.32. The lowest BCUT2D eigenvalue weighted by Gasteiger charge is -2.23. The van der Waals surface area contributed by atoms with Gasteiger partial charge in [0, 0.05) is 32.6 Å². The van der Waals surface area contributed by atoms with Crippen molar-refractivity contribution < 1.29 is 22.4 Å². The smallest absolute Gasteiger partial charge is 0.434 e. The van der Waals surface area contributed by atoms with E-state index in [9.17, 15) is 18.0 Å². The number of hydrogen-bond acceptors (Lipinski definition) is 4. The number of carbonyl (C=O) groups is 1. The summed E-state index contributed by atoms with van der Waals surface area (Å²) in [5, 5.41) is 2.76.